The van der Waals surface area contributed by atoms with Gasteiger partial charge < -0.3 is 10.1 Å². The molecule has 0 saturated carbocycles. The van der Waals surface area contributed by atoms with E-state index in [0.717, 1.165) is 32.4 Å². The Hall–Kier alpha value is -0.590. The number of unbranched alkanes of at least 4 members (excludes halogenated alkanes) is 2. The molecule has 1 heterocycles. The first-order valence-electron chi connectivity index (χ1n) is 6.05. The molecule has 86 valence electrons. The highest BCUT2D eigenvalue weighted by molar-refractivity contribution is 4.72. The van der Waals surface area contributed by atoms with Crippen LogP contribution < -0.4 is 5.32 Å². The van der Waals surface area contributed by atoms with E-state index in [9.17, 15) is 0 Å². The number of hydrogen-bond donors (Lipinski definition) is 1. The van der Waals surface area contributed by atoms with E-state index in [0.29, 0.717) is 18.6 Å². The lowest BCUT2D eigenvalue weighted by atomic mass is 10.1. The third-order valence-electron chi connectivity index (χ3n) is 2.85. The third kappa shape index (κ3) is 5.76. The van der Waals surface area contributed by atoms with Gasteiger partial charge in [0.05, 0.1) is 12.2 Å². The molecule has 0 aromatic heterocycles. The molecule has 0 bridgehead atoms. The molecule has 1 aliphatic rings. The van der Waals surface area contributed by atoms with Gasteiger partial charge in [0, 0.05) is 19.1 Å². The lowest BCUT2D eigenvalue weighted by Crippen LogP contribution is -2.30. The summed E-state index contributed by atoms with van der Waals surface area (Å²) < 4.78 is 5.59. The van der Waals surface area contributed by atoms with Crippen LogP contribution in [0.4, 0.5) is 0 Å². The van der Waals surface area contributed by atoms with Crippen molar-refractivity contribution in [2.24, 2.45) is 0 Å². The van der Waals surface area contributed by atoms with Gasteiger partial charge in [-0.1, -0.05) is 0 Å². The molecule has 0 aliphatic carbocycles. The van der Waals surface area contributed by atoms with E-state index in [1.165, 1.54) is 12.8 Å². The van der Waals surface area contributed by atoms with E-state index in [1.54, 1.807) is 0 Å². The van der Waals surface area contributed by atoms with Crippen molar-refractivity contribution in [3.63, 3.8) is 0 Å². The highest BCUT2D eigenvalue weighted by Gasteiger charge is 2.17. The fourth-order valence-electron chi connectivity index (χ4n) is 1.99. The van der Waals surface area contributed by atoms with Gasteiger partial charge >= 0.3 is 0 Å². The number of hydrogen-bond acceptors (Lipinski definition) is 3. The van der Waals surface area contributed by atoms with E-state index in [1.807, 2.05) is 0 Å². The summed E-state index contributed by atoms with van der Waals surface area (Å²) in [5.41, 5.74) is 0. The fourth-order valence-corrected chi connectivity index (χ4v) is 1.99. The van der Waals surface area contributed by atoms with Crippen molar-refractivity contribution in [3.05, 3.63) is 0 Å². The minimum atomic E-state index is 0.478. The second kappa shape index (κ2) is 7.67. The van der Waals surface area contributed by atoms with Gasteiger partial charge in [0.2, 0.25) is 0 Å². The summed E-state index contributed by atoms with van der Waals surface area (Å²) in [6.07, 6.45) is 6.84. The largest absolute Gasteiger partial charge is 0.378 e. The molecule has 15 heavy (non-hydrogen) atoms. The predicted molar refractivity (Wildman–Crippen MR) is 60.5 cm³/mol. The summed E-state index contributed by atoms with van der Waals surface area (Å²) in [5, 5.41) is 11.9. The van der Waals surface area contributed by atoms with E-state index in [2.05, 4.69) is 18.3 Å². The molecule has 2 unspecified atom stereocenters. The summed E-state index contributed by atoms with van der Waals surface area (Å²) in [4.78, 5) is 0. The highest BCUT2D eigenvalue weighted by atomic mass is 16.5. The maximum Gasteiger partial charge on any atom is 0.0621 e. The fraction of sp³-hybridized carbons (Fsp3) is 0.917. The van der Waals surface area contributed by atoms with Crippen molar-refractivity contribution in [2.75, 3.05) is 13.2 Å². The normalized spacial score (nSPS) is 22.5. The van der Waals surface area contributed by atoms with E-state index in [-0.39, 0.29) is 0 Å². The monoisotopic (exact) mass is 210 g/mol. The van der Waals surface area contributed by atoms with Crippen LogP contribution in [0, 0.1) is 11.3 Å². The van der Waals surface area contributed by atoms with Crippen molar-refractivity contribution in [3.8, 4) is 6.07 Å². The molecule has 1 saturated heterocycles. The lowest BCUT2D eigenvalue weighted by Gasteiger charge is -2.17. The third-order valence-corrected chi connectivity index (χ3v) is 2.85. The number of nitriles is 1. The molecule has 0 aromatic carbocycles. The smallest absolute Gasteiger partial charge is 0.0621 e. The van der Waals surface area contributed by atoms with Gasteiger partial charge in [0.1, 0.15) is 0 Å². The molecule has 1 N–H and O–H groups in total. The predicted octanol–water partition coefficient (Wildman–Crippen LogP) is 2.23. The molecule has 0 amide bonds. The Morgan fingerprint density at radius 3 is 3.07 bits per heavy atom. The van der Waals surface area contributed by atoms with Crippen LogP contribution in [0.3, 0.4) is 0 Å². The van der Waals surface area contributed by atoms with Crippen molar-refractivity contribution >= 4 is 0 Å². The first kappa shape index (κ1) is 12.5. The zero-order chi connectivity index (χ0) is 10.9. The first-order valence-corrected chi connectivity index (χ1v) is 6.05. The molecule has 2 atom stereocenters. The van der Waals surface area contributed by atoms with Crippen LogP contribution in [0.1, 0.15) is 45.4 Å². The van der Waals surface area contributed by atoms with Crippen LogP contribution >= 0.6 is 0 Å². The Morgan fingerprint density at radius 1 is 1.53 bits per heavy atom. The van der Waals surface area contributed by atoms with Crippen LogP contribution in [0.5, 0.6) is 0 Å². The van der Waals surface area contributed by atoms with Gasteiger partial charge in [-0.3, -0.25) is 0 Å². The molecular formula is C12H22N2O. The topological polar surface area (TPSA) is 45.0 Å². The van der Waals surface area contributed by atoms with E-state index < -0.39 is 0 Å². The highest BCUT2D eigenvalue weighted by Crippen LogP contribution is 2.16. The molecule has 0 radical (unpaired) electrons. The number of nitrogens with one attached hydrogen (secondary N) is 1. The van der Waals surface area contributed by atoms with Crippen LogP contribution in [0.2, 0.25) is 0 Å². The summed E-state index contributed by atoms with van der Waals surface area (Å²) in [6.45, 7) is 4.18. The van der Waals surface area contributed by atoms with Gasteiger partial charge in [0.15, 0.2) is 0 Å². The molecule has 1 fully saturated rings. The molecule has 0 spiro atoms. The van der Waals surface area contributed by atoms with Crippen LogP contribution in [-0.4, -0.2) is 25.3 Å². The van der Waals surface area contributed by atoms with Gasteiger partial charge in [0.25, 0.3) is 0 Å². The van der Waals surface area contributed by atoms with Crippen molar-refractivity contribution < 1.29 is 4.74 Å². The number of ether oxygens (including phenoxy) is 1. The van der Waals surface area contributed by atoms with Gasteiger partial charge in [-0.25, -0.2) is 0 Å². The summed E-state index contributed by atoms with van der Waals surface area (Å²) in [7, 11) is 0. The Labute approximate surface area is 92.8 Å². The van der Waals surface area contributed by atoms with Crippen LogP contribution in [-0.2, 0) is 4.74 Å². The quantitative estimate of drug-likeness (QED) is 0.655. The molecule has 3 heteroatoms. The summed E-state index contributed by atoms with van der Waals surface area (Å²) in [5.74, 6) is 0. The second-order valence-electron chi connectivity index (χ2n) is 4.34. The van der Waals surface area contributed by atoms with Gasteiger partial charge in [-0.15, -0.1) is 0 Å². The number of rotatable bonds is 7. The van der Waals surface area contributed by atoms with Crippen LogP contribution in [0.15, 0.2) is 0 Å². The zero-order valence-corrected chi connectivity index (χ0v) is 9.67. The Kier molecular flexibility index (Phi) is 6.38. The molecule has 1 rings (SSSR count). The minimum Gasteiger partial charge on any atom is -0.378 e. The SMILES string of the molecule is CC(CC1CCCO1)NCCCCC#N. The Morgan fingerprint density at radius 2 is 2.40 bits per heavy atom. The average molecular weight is 210 g/mol. The zero-order valence-electron chi connectivity index (χ0n) is 9.67. The van der Waals surface area contributed by atoms with Gasteiger partial charge in [-0.2, -0.15) is 5.26 Å². The lowest BCUT2D eigenvalue weighted by molar-refractivity contribution is 0.0963. The van der Waals surface area contributed by atoms with E-state index in [4.69, 9.17) is 10.00 Å². The maximum absolute atomic E-state index is 8.38. The van der Waals surface area contributed by atoms with E-state index >= 15 is 0 Å². The van der Waals surface area contributed by atoms with Crippen LogP contribution in [0.25, 0.3) is 0 Å². The molecule has 3 nitrogen and oxygen atoms in total. The summed E-state index contributed by atoms with van der Waals surface area (Å²) >= 11 is 0. The van der Waals surface area contributed by atoms with Crippen molar-refractivity contribution in [1.29, 1.82) is 5.26 Å². The maximum atomic E-state index is 8.38. The molecule has 0 aromatic rings. The molecule has 1 aliphatic heterocycles. The first-order chi connectivity index (χ1) is 7.33. The van der Waals surface area contributed by atoms with Crippen molar-refractivity contribution in [2.45, 2.75) is 57.6 Å². The Balaban J connectivity index is 1.93. The standard InChI is InChI=1S/C12H22N2O/c1-11(10-12-6-5-9-15-12)14-8-4-2-3-7-13/h11-12,14H,2-6,8-10H2,1H3. The summed E-state index contributed by atoms with van der Waals surface area (Å²) in [6, 6.07) is 2.70. The van der Waals surface area contributed by atoms with Gasteiger partial charge in [-0.05, 0) is 45.6 Å². The Bertz CT molecular complexity index is 194. The minimum absolute atomic E-state index is 0.478. The van der Waals surface area contributed by atoms with Crippen molar-refractivity contribution in [1.82, 2.24) is 5.32 Å². The average Bonchev–Trinajstić information content (AvgIpc) is 2.70. The number of nitrogens with zero attached hydrogens (tertiary/aromatic N) is 1. The second-order valence-corrected chi connectivity index (χ2v) is 4.34. The molecular weight excluding hydrogens is 188 g/mol.